The molecule has 2 aromatic carbocycles. The van der Waals surface area contributed by atoms with Crippen molar-refractivity contribution >= 4 is 12.1 Å². The molecule has 1 amide bonds. The number of benzene rings is 2. The van der Waals surface area contributed by atoms with E-state index in [1.807, 2.05) is 48.5 Å². The maximum atomic E-state index is 12.7. The van der Waals surface area contributed by atoms with Gasteiger partial charge in [-0.2, -0.15) is 0 Å². The van der Waals surface area contributed by atoms with Crippen molar-refractivity contribution in [1.29, 1.82) is 0 Å². The normalized spacial score (nSPS) is 15.8. The molecule has 0 saturated heterocycles. The van der Waals surface area contributed by atoms with Gasteiger partial charge in [-0.3, -0.25) is 0 Å². The van der Waals surface area contributed by atoms with Gasteiger partial charge in [0.1, 0.15) is 18.2 Å². The monoisotopic (exact) mass is 441 g/mol. The summed E-state index contributed by atoms with van der Waals surface area (Å²) in [5.74, 6) is -1.60. The van der Waals surface area contributed by atoms with Crippen LogP contribution in [0.25, 0.3) is 11.1 Å². The highest BCUT2D eigenvalue weighted by molar-refractivity contribution is 5.82. The summed E-state index contributed by atoms with van der Waals surface area (Å²) in [7, 11) is 0. The van der Waals surface area contributed by atoms with Gasteiger partial charge in [0.15, 0.2) is 0 Å². The first-order chi connectivity index (χ1) is 15.1. The summed E-state index contributed by atoms with van der Waals surface area (Å²) in [5, 5.41) is 21.8. The van der Waals surface area contributed by atoms with E-state index in [0.717, 1.165) is 22.3 Å². The van der Waals surface area contributed by atoms with Gasteiger partial charge in [-0.1, -0.05) is 55.5 Å². The van der Waals surface area contributed by atoms with Crippen molar-refractivity contribution in [3.05, 3.63) is 59.7 Å². The predicted molar refractivity (Wildman–Crippen MR) is 120 cm³/mol. The van der Waals surface area contributed by atoms with E-state index in [1.54, 1.807) is 27.7 Å². The number of hydrogen-bond acceptors (Lipinski definition) is 6. The summed E-state index contributed by atoms with van der Waals surface area (Å²) in [6.07, 6.45) is -2.00. The number of fused-ring (bicyclic) bond motifs is 3. The first kappa shape index (κ1) is 23.8. The number of hydrogen-bond donors (Lipinski definition) is 3. The molecule has 0 heterocycles. The maximum Gasteiger partial charge on any atom is 0.407 e. The maximum absolute atomic E-state index is 12.7. The molecule has 3 atom stereocenters. The molecule has 1 unspecified atom stereocenters. The Balaban J connectivity index is 1.72. The Kier molecular flexibility index (Phi) is 7.21. The lowest BCUT2D eigenvalue weighted by atomic mass is 9.96. The number of nitrogens with one attached hydrogen (secondary N) is 1. The lowest BCUT2D eigenvalue weighted by Gasteiger charge is -2.29. The fraction of sp³-hybridized carbons (Fsp3) is 0.440. The van der Waals surface area contributed by atoms with Crippen molar-refractivity contribution in [1.82, 2.24) is 5.32 Å². The number of rotatable bonds is 7. The zero-order valence-corrected chi connectivity index (χ0v) is 18.9. The molecule has 0 radical (unpaired) electrons. The Hall–Kier alpha value is -2.90. The molecule has 0 bridgehead atoms. The van der Waals surface area contributed by atoms with Crippen molar-refractivity contribution in [3.63, 3.8) is 0 Å². The second-order valence-corrected chi connectivity index (χ2v) is 9.09. The molecule has 3 N–H and O–H groups in total. The standard InChI is InChI=1S/C25H31NO6/c1-15(21(28)13-27)22(23(29)32-25(2,3)4)26-24(30)31-14-20-18-11-7-5-9-16(18)17-10-6-8-12-19(17)20/h5-12,15,20-22,27-28H,13-14H2,1-4H3,(H,26,30)/t15?,21-,22-/m0/s1. The Bertz CT molecular complexity index is 921. The van der Waals surface area contributed by atoms with Gasteiger partial charge in [0.2, 0.25) is 0 Å². The first-order valence-electron chi connectivity index (χ1n) is 10.8. The minimum atomic E-state index is -1.21. The zero-order chi connectivity index (χ0) is 23.5. The molecule has 0 fully saturated rings. The third-order valence-electron chi connectivity index (χ3n) is 5.60. The smallest absolute Gasteiger partial charge is 0.407 e. The summed E-state index contributed by atoms with van der Waals surface area (Å²) in [5.41, 5.74) is 3.61. The summed E-state index contributed by atoms with van der Waals surface area (Å²) in [6, 6.07) is 14.8. The second kappa shape index (κ2) is 9.71. The van der Waals surface area contributed by atoms with E-state index in [1.165, 1.54) is 0 Å². The second-order valence-electron chi connectivity index (χ2n) is 9.09. The third kappa shape index (κ3) is 5.29. The van der Waals surface area contributed by atoms with Gasteiger partial charge in [-0.05, 0) is 43.0 Å². The number of esters is 1. The van der Waals surface area contributed by atoms with E-state index >= 15 is 0 Å². The van der Waals surface area contributed by atoms with Gasteiger partial charge >= 0.3 is 12.1 Å². The van der Waals surface area contributed by atoms with Gasteiger partial charge in [0, 0.05) is 11.8 Å². The van der Waals surface area contributed by atoms with Crippen LogP contribution in [0.15, 0.2) is 48.5 Å². The molecule has 0 spiro atoms. The van der Waals surface area contributed by atoms with Crippen molar-refractivity contribution in [2.45, 2.75) is 51.4 Å². The van der Waals surface area contributed by atoms with Crippen molar-refractivity contribution < 1.29 is 29.3 Å². The van der Waals surface area contributed by atoms with Crippen LogP contribution in [0.4, 0.5) is 4.79 Å². The summed E-state index contributed by atoms with van der Waals surface area (Å²) < 4.78 is 10.9. The number of amides is 1. The number of aliphatic hydroxyl groups excluding tert-OH is 2. The highest BCUT2D eigenvalue weighted by atomic mass is 16.6. The van der Waals surface area contributed by atoms with Gasteiger partial charge < -0.3 is 25.0 Å². The minimum absolute atomic E-state index is 0.0951. The van der Waals surface area contributed by atoms with Crippen LogP contribution in [0.3, 0.4) is 0 Å². The highest BCUT2D eigenvalue weighted by Gasteiger charge is 2.36. The fourth-order valence-electron chi connectivity index (χ4n) is 3.93. The molecule has 1 aliphatic rings. The van der Waals surface area contributed by atoms with E-state index in [0.29, 0.717) is 0 Å². The third-order valence-corrected chi connectivity index (χ3v) is 5.60. The van der Waals surface area contributed by atoms with Crippen LogP contribution in [0, 0.1) is 5.92 Å². The highest BCUT2D eigenvalue weighted by Crippen LogP contribution is 2.44. The topological polar surface area (TPSA) is 105 Å². The van der Waals surface area contributed by atoms with Crippen molar-refractivity contribution in [2.24, 2.45) is 5.92 Å². The summed E-state index contributed by atoms with van der Waals surface area (Å²) in [4.78, 5) is 25.3. The van der Waals surface area contributed by atoms with E-state index in [9.17, 15) is 19.8 Å². The Morgan fingerprint density at radius 2 is 1.56 bits per heavy atom. The van der Waals surface area contributed by atoms with Gasteiger partial charge in [0.05, 0.1) is 12.7 Å². The molecule has 7 nitrogen and oxygen atoms in total. The molecule has 172 valence electrons. The van der Waals surface area contributed by atoms with E-state index in [4.69, 9.17) is 9.47 Å². The lowest BCUT2D eigenvalue weighted by Crippen LogP contribution is -2.51. The van der Waals surface area contributed by atoms with Gasteiger partial charge in [-0.25, -0.2) is 9.59 Å². The van der Waals surface area contributed by atoms with Gasteiger partial charge in [0.25, 0.3) is 0 Å². The average molecular weight is 442 g/mol. The molecule has 32 heavy (non-hydrogen) atoms. The quantitative estimate of drug-likeness (QED) is 0.570. The Morgan fingerprint density at radius 3 is 2.06 bits per heavy atom. The fourth-order valence-corrected chi connectivity index (χ4v) is 3.93. The van der Waals surface area contributed by atoms with Crippen LogP contribution in [0.2, 0.25) is 0 Å². The van der Waals surface area contributed by atoms with E-state index in [2.05, 4.69) is 5.32 Å². The van der Waals surface area contributed by atoms with Crippen molar-refractivity contribution in [3.8, 4) is 11.1 Å². The number of aliphatic hydroxyl groups is 2. The van der Waals surface area contributed by atoms with Crippen LogP contribution in [-0.4, -0.2) is 53.2 Å². The van der Waals surface area contributed by atoms with E-state index < -0.39 is 42.3 Å². The molecule has 1 aliphatic carbocycles. The molecular weight excluding hydrogens is 410 g/mol. The van der Waals surface area contributed by atoms with E-state index in [-0.39, 0.29) is 12.5 Å². The number of alkyl carbamates (subject to hydrolysis) is 1. The minimum Gasteiger partial charge on any atom is -0.458 e. The van der Waals surface area contributed by atoms with Crippen LogP contribution in [0.5, 0.6) is 0 Å². The van der Waals surface area contributed by atoms with Crippen LogP contribution in [-0.2, 0) is 14.3 Å². The molecule has 0 saturated carbocycles. The van der Waals surface area contributed by atoms with Crippen LogP contribution < -0.4 is 5.32 Å². The SMILES string of the molecule is CC([C@H](NC(=O)OCC1c2ccccc2-c2ccccc21)C(=O)OC(C)(C)C)[C@@H](O)CO. The van der Waals surface area contributed by atoms with Crippen LogP contribution >= 0.6 is 0 Å². The predicted octanol–water partition coefficient (Wildman–Crippen LogP) is 3.22. The zero-order valence-electron chi connectivity index (χ0n) is 18.9. The van der Waals surface area contributed by atoms with Crippen LogP contribution in [0.1, 0.15) is 44.7 Å². The Morgan fingerprint density at radius 1 is 1.03 bits per heavy atom. The molecule has 3 rings (SSSR count). The van der Waals surface area contributed by atoms with Gasteiger partial charge in [-0.15, -0.1) is 0 Å². The number of ether oxygens (including phenoxy) is 2. The average Bonchev–Trinajstić information content (AvgIpc) is 3.07. The number of carbonyl (C=O) groups is 2. The largest absolute Gasteiger partial charge is 0.458 e. The molecule has 0 aromatic heterocycles. The lowest BCUT2D eigenvalue weighted by molar-refractivity contribution is -0.160. The number of carbonyl (C=O) groups excluding carboxylic acids is 2. The van der Waals surface area contributed by atoms with Crippen molar-refractivity contribution in [2.75, 3.05) is 13.2 Å². The molecule has 0 aliphatic heterocycles. The Labute approximate surface area is 188 Å². The molecule has 7 heteroatoms. The summed E-state index contributed by atoms with van der Waals surface area (Å²) in [6.45, 7) is 6.23. The molecular formula is C25H31NO6. The first-order valence-corrected chi connectivity index (χ1v) is 10.8. The summed E-state index contributed by atoms with van der Waals surface area (Å²) >= 11 is 0. The molecule has 2 aromatic rings.